The molecule has 0 atom stereocenters. The van der Waals surface area contributed by atoms with Crippen LogP contribution in [-0.4, -0.2) is 35.0 Å². The van der Waals surface area contributed by atoms with Crippen molar-refractivity contribution < 1.29 is 14.3 Å². The number of nitrogens with one attached hydrogen (secondary N) is 1. The molecule has 0 saturated heterocycles. The molecule has 6 nitrogen and oxygen atoms in total. The van der Waals surface area contributed by atoms with Gasteiger partial charge in [0, 0.05) is 22.9 Å². The highest BCUT2D eigenvalue weighted by molar-refractivity contribution is 6.17. The lowest BCUT2D eigenvalue weighted by Crippen LogP contribution is -2.30. The van der Waals surface area contributed by atoms with E-state index in [1.54, 1.807) is 37.6 Å². The van der Waals surface area contributed by atoms with E-state index in [9.17, 15) is 9.59 Å². The Hall–Kier alpha value is -3.80. The number of methoxy groups -OCH3 is 1. The first-order valence-corrected chi connectivity index (χ1v) is 10.9. The zero-order valence-corrected chi connectivity index (χ0v) is 19.1. The van der Waals surface area contributed by atoms with E-state index >= 15 is 0 Å². The molecule has 3 aromatic rings. The van der Waals surface area contributed by atoms with Crippen LogP contribution in [0.15, 0.2) is 71.9 Å². The molecule has 4 rings (SSSR count). The van der Waals surface area contributed by atoms with Gasteiger partial charge in [0.1, 0.15) is 5.75 Å². The number of carbonyl (C=O) groups excluding carboxylic acids is 2. The highest BCUT2D eigenvalue weighted by Crippen LogP contribution is 2.31. The van der Waals surface area contributed by atoms with Gasteiger partial charge in [-0.25, -0.2) is 0 Å². The van der Waals surface area contributed by atoms with Gasteiger partial charge in [0.05, 0.1) is 37.0 Å². The summed E-state index contributed by atoms with van der Waals surface area (Å²) in [5, 5.41) is 2.84. The lowest BCUT2D eigenvalue weighted by atomic mass is 9.85. The monoisotopic (exact) mass is 441 g/mol. The minimum absolute atomic E-state index is 0.0411. The van der Waals surface area contributed by atoms with Gasteiger partial charge in [-0.05, 0) is 62.2 Å². The molecule has 1 aliphatic rings. The normalized spacial score (nSPS) is 14.1. The molecule has 0 radical (unpaired) electrons. The van der Waals surface area contributed by atoms with Crippen molar-refractivity contribution in [2.24, 2.45) is 4.99 Å². The summed E-state index contributed by atoms with van der Waals surface area (Å²) in [6.45, 7) is 4.49. The van der Waals surface area contributed by atoms with Gasteiger partial charge < -0.3 is 10.1 Å². The second-order valence-corrected chi connectivity index (χ2v) is 8.75. The molecular formula is C27H27N3O3. The Kier molecular flexibility index (Phi) is 6.36. The van der Waals surface area contributed by atoms with Crippen LogP contribution >= 0.6 is 0 Å². The van der Waals surface area contributed by atoms with Crippen molar-refractivity contribution in [3.8, 4) is 5.75 Å². The first-order valence-electron chi connectivity index (χ1n) is 10.9. The van der Waals surface area contributed by atoms with Gasteiger partial charge in [-0.3, -0.25) is 19.6 Å². The van der Waals surface area contributed by atoms with Gasteiger partial charge in [-0.2, -0.15) is 0 Å². The number of Topliss-reactive ketones (excluding diaryl/α,β-unsaturated/α-hetero) is 1. The third kappa shape index (κ3) is 5.34. The van der Waals surface area contributed by atoms with Gasteiger partial charge in [0.2, 0.25) is 0 Å². The Labute approximate surface area is 193 Å². The van der Waals surface area contributed by atoms with Crippen molar-refractivity contribution in [2.75, 3.05) is 7.11 Å². The molecule has 0 aliphatic carbocycles. The molecule has 0 spiro atoms. The number of ketones is 1. The molecule has 0 bridgehead atoms. The molecular weight excluding hydrogens is 414 g/mol. The van der Waals surface area contributed by atoms with E-state index in [0.29, 0.717) is 17.7 Å². The lowest BCUT2D eigenvalue weighted by molar-refractivity contribution is 0.0947. The fourth-order valence-electron chi connectivity index (χ4n) is 4.01. The highest BCUT2D eigenvalue weighted by Gasteiger charge is 2.28. The second-order valence-electron chi connectivity index (χ2n) is 8.75. The average Bonchev–Trinajstić information content (AvgIpc) is 2.82. The van der Waals surface area contributed by atoms with Crippen LogP contribution in [0, 0.1) is 0 Å². The van der Waals surface area contributed by atoms with E-state index < -0.39 is 0 Å². The number of ether oxygens (including phenoxy) is 1. The maximum Gasteiger partial charge on any atom is 0.251 e. The molecule has 0 unspecified atom stereocenters. The van der Waals surface area contributed by atoms with Gasteiger partial charge in [-0.1, -0.05) is 24.3 Å². The number of benzene rings is 2. The molecule has 1 N–H and O–H groups in total. The maximum atomic E-state index is 13.1. The van der Waals surface area contributed by atoms with Crippen LogP contribution in [-0.2, 0) is 13.0 Å². The van der Waals surface area contributed by atoms with E-state index in [4.69, 9.17) is 9.73 Å². The van der Waals surface area contributed by atoms with Crippen LogP contribution in [0.4, 0.5) is 0 Å². The molecule has 6 heteroatoms. The summed E-state index contributed by atoms with van der Waals surface area (Å²) in [5.41, 5.74) is 4.45. The van der Waals surface area contributed by atoms with Crippen molar-refractivity contribution in [1.82, 2.24) is 10.3 Å². The molecule has 0 saturated carbocycles. The van der Waals surface area contributed by atoms with Crippen LogP contribution in [0.3, 0.4) is 0 Å². The first-order chi connectivity index (χ1) is 15.8. The molecule has 1 aliphatic heterocycles. The molecule has 168 valence electrons. The fourth-order valence-corrected chi connectivity index (χ4v) is 4.01. The zero-order chi connectivity index (χ0) is 23.4. The van der Waals surface area contributed by atoms with Gasteiger partial charge in [-0.15, -0.1) is 0 Å². The number of amides is 1. The Balaban J connectivity index is 1.46. The van der Waals surface area contributed by atoms with Gasteiger partial charge in [0.25, 0.3) is 5.91 Å². The third-order valence-corrected chi connectivity index (χ3v) is 5.64. The average molecular weight is 442 g/mol. The fraction of sp³-hybridized carbons (Fsp3) is 0.259. The zero-order valence-electron chi connectivity index (χ0n) is 19.1. The summed E-state index contributed by atoms with van der Waals surface area (Å²) in [5.74, 6) is 0.495. The Morgan fingerprint density at radius 3 is 2.48 bits per heavy atom. The molecule has 0 fully saturated rings. The van der Waals surface area contributed by atoms with Gasteiger partial charge in [0.15, 0.2) is 5.78 Å². The number of hydrogen-bond donors (Lipinski definition) is 1. The molecule has 2 heterocycles. The van der Waals surface area contributed by atoms with Crippen molar-refractivity contribution in [1.29, 1.82) is 0 Å². The smallest absolute Gasteiger partial charge is 0.251 e. The minimum Gasteiger partial charge on any atom is -0.497 e. The predicted molar refractivity (Wildman–Crippen MR) is 128 cm³/mol. The summed E-state index contributed by atoms with van der Waals surface area (Å²) in [6, 6.07) is 18.2. The van der Waals surface area contributed by atoms with E-state index in [1.807, 2.05) is 36.4 Å². The van der Waals surface area contributed by atoms with E-state index in [2.05, 4.69) is 24.1 Å². The maximum absolute atomic E-state index is 13.1. The van der Waals surface area contributed by atoms with Crippen molar-refractivity contribution in [3.63, 3.8) is 0 Å². The molecule has 33 heavy (non-hydrogen) atoms. The molecule has 2 aromatic carbocycles. The highest BCUT2D eigenvalue weighted by atomic mass is 16.5. The summed E-state index contributed by atoms with van der Waals surface area (Å²) in [4.78, 5) is 34.6. The third-order valence-electron chi connectivity index (χ3n) is 5.64. The topological polar surface area (TPSA) is 80.7 Å². The van der Waals surface area contributed by atoms with Crippen molar-refractivity contribution in [2.45, 2.75) is 38.8 Å². The number of hydrogen-bond acceptors (Lipinski definition) is 5. The minimum atomic E-state index is -0.271. The number of pyridine rings is 1. The second kappa shape index (κ2) is 9.36. The summed E-state index contributed by atoms with van der Waals surface area (Å²) in [6.07, 6.45) is 2.69. The van der Waals surface area contributed by atoms with Crippen LogP contribution < -0.4 is 10.1 Å². The number of nitrogens with zero attached hydrogens (tertiary/aromatic N) is 2. The van der Waals surface area contributed by atoms with Crippen LogP contribution in [0.5, 0.6) is 5.75 Å². The number of carbonyl (C=O) groups is 2. The van der Waals surface area contributed by atoms with Crippen molar-refractivity contribution >= 4 is 17.4 Å². The predicted octanol–water partition coefficient (Wildman–Crippen LogP) is 4.42. The summed E-state index contributed by atoms with van der Waals surface area (Å²) >= 11 is 0. The largest absolute Gasteiger partial charge is 0.497 e. The molecule has 1 aromatic heterocycles. The first kappa shape index (κ1) is 22.4. The Morgan fingerprint density at radius 2 is 1.79 bits per heavy atom. The number of fused-ring (bicyclic) bond motifs is 1. The van der Waals surface area contributed by atoms with Gasteiger partial charge >= 0.3 is 0 Å². The Morgan fingerprint density at radius 1 is 1.03 bits per heavy atom. The molecule has 1 amide bonds. The van der Waals surface area contributed by atoms with Crippen LogP contribution in [0.25, 0.3) is 0 Å². The van der Waals surface area contributed by atoms with E-state index in [1.165, 1.54) is 5.56 Å². The Bertz CT molecular complexity index is 1200. The standard InChI is InChI=1S/C27H27N3O3/c1-27(2)16-20-11-12-22(33-3)14-23(20)24(30-27)15-25(31)18-7-9-19(10-8-18)26(32)29-17-21-6-4-5-13-28-21/h4-14H,15-17H2,1-3H3,(H,29,32). The van der Waals surface area contributed by atoms with Crippen LogP contribution in [0.2, 0.25) is 0 Å². The summed E-state index contributed by atoms with van der Waals surface area (Å²) < 4.78 is 5.37. The lowest BCUT2D eigenvalue weighted by Gasteiger charge is -2.29. The van der Waals surface area contributed by atoms with Crippen LogP contribution in [0.1, 0.15) is 57.8 Å². The van der Waals surface area contributed by atoms with E-state index in [-0.39, 0.29) is 23.7 Å². The SMILES string of the molecule is COc1ccc2c(c1)C(CC(=O)c1ccc(C(=O)NCc3ccccn3)cc1)=NC(C)(C)C2. The summed E-state index contributed by atoms with van der Waals surface area (Å²) in [7, 11) is 1.63. The van der Waals surface area contributed by atoms with Crippen molar-refractivity contribution in [3.05, 3.63) is 94.8 Å². The quantitative estimate of drug-likeness (QED) is 0.551. The number of aliphatic imine (C=N–C) groups is 1. The number of aromatic nitrogens is 1. The van der Waals surface area contributed by atoms with E-state index in [0.717, 1.165) is 29.1 Å². The number of rotatable bonds is 7.